The molecule has 2 fully saturated rings. The van der Waals surface area contributed by atoms with Crippen LogP contribution in [-0.2, 0) is 14.3 Å². The fraction of sp³-hybridized carbons (Fsp3) is 0.529. The molecule has 124 valence electrons. The van der Waals surface area contributed by atoms with Crippen LogP contribution >= 0.6 is 0 Å². The van der Waals surface area contributed by atoms with E-state index in [0.29, 0.717) is 39.2 Å². The summed E-state index contributed by atoms with van der Waals surface area (Å²) in [5.41, 5.74) is 0.863. The molecule has 5 nitrogen and oxygen atoms in total. The monoisotopic (exact) mass is 320 g/mol. The minimum atomic E-state index is -0.290. The summed E-state index contributed by atoms with van der Waals surface area (Å²) in [5.74, 6) is -0.477. The molecule has 0 aromatic heterocycles. The third-order valence-corrected chi connectivity index (χ3v) is 4.57. The average Bonchev–Trinajstić information content (AvgIpc) is 2.96. The summed E-state index contributed by atoms with van der Waals surface area (Å²) < 4.78 is 18.7. The first-order chi connectivity index (χ1) is 11.1. The molecule has 0 spiro atoms. The van der Waals surface area contributed by atoms with Gasteiger partial charge >= 0.3 is 0 Å². The van der Waals surface area contributed by atoms with E-state index in [1.165, 1.54) is 12.1 Å². The molecule has 2 heterocycles. The number of carbonyl (C=O) groups excluding carboxylic acids is 2. The Morgan fingerprint density at radius 2 is 2.04 bits per heavy atom. The summed E-state index contributed by atoms with van der Waals surface area (Å²) in [6.45, 7) is 4.50. The predicted octanol–water partition coefficient (Wildman–Crippen LogP) is 1.59. The molecule has 0 aliphatic carbocycles. The highest BCUT2D eigenvalue weighted by atomic mass is 19.1. The van der Waals surface area contributed by atoms with E-state index in [2.05, 4.69) is 0 Å². The molecular formula is C17H21FN2O3. The van der Waals surface area contributed by atoms with Gasteiger partial charge in [-0.2, -0.15) is 0 Å². The van der Waals surface area contributed by atoms with E-state index in [-0.39, 0.29) is 29.7 Å². The number of nitrogens with zero attached hydrogens (tertiary/aromatic N) is 2. The van der Waals surface area contributed by atoms with Crippen molar-refractivity contribution in [2.45, 2.75) is 19.4 Å². The molecule has 1 aromatic rings. The average molecular weight is 320 g/mol. The number of halogens is 1. The van der Waals surface area contributed by atoms with Crippen LogP contribution < -0.4 is 0 Å². The van der Waals surface area contributed by atoms with Crippen LogP contribution in [0, 0.1) is 11.7 Å². The fourth-order valence-electron chi connectivity index (χ4n) is 3.23. The molecular weight excluding hydrogens is 299 g/mol. The van der Waals surface area contributed by atoms with E-state index in [9.17, 15) is 14.0 Å². The van der Waals surface area contributed by atoms with Crippen LogP contribution in [0.3, 0.4) is 0 Å². The number of benzene rings is 1. The van der Waals surface area contributed by atoms with Crippen LogP contribution in [0.15, 0.2) is 24.3 Å². The Hall–Kier alpha value is -1.95. The molecule has 0 saturated carbocycles. The Morgan fingerprint density at radius 1 is 1.30 bits per heavy atom. The van der Waals surface area contributed by atoms with Crippen molar-refractivity contribution >= 4 is 11.8 Å². The minimum absolute atomic E-state index is 0.0183. The van der Waals surface area contributed by atoms with Crippen molar-refractivity contribution < 1.29 is 18.7 Å². The zero-order chi connectivity index (χ0) is 16.4. The van der Waals surface area contributed by atoms with Gasteiger partial charge in [-0.05, 0) is 24.6 Å². The van der Waals surface area contributed by atoms with E-state index in [0.717, 1.165) is 5.56 Å². The van der Waals surface area contributed by atoms with Gasteiger partial charge in [-0.3, -0.25) is 9.59 Å². The van der Waals surface area contributed by atoms with Gasteiger partial charge < -0.3 is 14.5 Å². The van der Waals surface area contributed by atoms with Crippen molar-refractivity contribution in [3.05, 3.63) is 35.6 Å². The smallest absolute Gasteiger partial charge is 0.228 e. The Morgan fingerprint density at radius 3 is 2.70 bits per heavy atom. The van der Waals surface area contributed by atoms with Crippen molar-refractivity contribution in [1.82, 2.24) is 9.80 Å². The highest BCUT2D eigenvalue weighted by Crippen LogP contribution is 2.26. The van der Waals surface area contributed by atoms with Gasteiger partial charge in [-0.1, -0.05) is 12.1 Å². The Kier molecular flexibility index (Phi) is 4.61. The molecule has 2 aliphatic heterocycles. The van der Waals surface area contributed by atoms with Crippen LogP contribution in [0.1, 0.15) is 25.0 Å². The maximum Gasteiger partial charge on any atom is 0.228 e. The zero-order valence-electron chi connectivity index (χ0n) is 13.2. The van der Waals surface area contributed by atoms with Crippen LogP contribution in [0.5, 0.6) is 0 Å². The summed E-state index contributed by atoms with van der Waals surface area (Å²) in [4.78, 5) is 28.0. The highest BCUT2D eigenvalue weighted by Gasteiger charge is 2.37. The quantitative estimate of drug-likeness (QED) is 0.850. The summed E-state index contributed by atoms with van der Waals surface area (Å²) in [6, 6.07) is 6.17. The molecule has 0 unspecified atom stereocenters. The molecule has 2 saturated heterocycles. The molecule has 2 atom stereocenters. The number of likely N-dealkylation sites (tertiary alicyclic amines) is 1. The molecule has 2 amide bonds. The lowest BCUT2D eigenvalue weighted by atomic mass is 10.0. The first-order valence-corrected chi connectivity index (χ1v) is 8.02. The maximum atomic E-state index is 13.0. The van der Waals surface area contributed by atoms with Gasteiger partial charge in [-0.25, -0.2) is 4.39 Å². The van der Waals surface area contributed by atoms with E-state index in [4.69, 9.17) is 4.74 Å². The van der Waals surface area contributed by atoms with Crippen LogP contribution in [0.2, 0.25) is 0 Å². The lowest BCUT2D eigenvalue weighted by Gasteiger charge is -2.34. The van der Waals surface area contributed by atoms with Crippen LogP contribution in [-0.4, -0.2) is 54.4 Å². The van der Waals surface area contributed by atoms with Gasteiger partial charge in [-0.15, -0.1) is 0 Å². The summed E-state index contributed by atoms with van der Waals surface area (Å²) in [5, 5.41) is 0. The van der Waals surface area contributed by atoms with Gasteiger partial charge in [0.15, 0.2) is 0 Å². The normalized spacial score (nSPS) is 25.0. The third-order valence-electron chi connectivity index (χ3n) is 4.57. The van der Waals surface area contributed by atoms with Gasteiger partial charge in [0.2, 0.25) is 11.8 Å². The van der Waals surface area contributed by atoms with Crippen LogP contribution in [0.25, 0.3) is 0 Å². The van der Waals surface area contributed by atoms with Gasteiger partial charge in [0.25, 0.3) is 0 Å². The predicted molar refractivity (Wildman–Crippen MR) is 82.0 cm³/mol. The van der Waals surface area contributed by atoms with Crippen molar-refractivity contribution in [3.8, 4) is 0 Å². The summed E-state index contributed by atoms with van der Waals surface area (Å²) >= 11 is 0. The molecule has 0 bridgehead atoms. The topological polar surface area (TPSA) is 49.9 Å². The van der Waals surface area contributed by atoms with E-state index < -0.39 is 0 Å². The van der Waals surface area contributed by atoms with Crippen molar-refractivity contribution in [1.29, 1.82) is 0 Å². The van der Waals surface area contributed by atoms with Crippen molar-refractivity contribution in [3.63, 3.8) is 0 Å². The lowest BCUT2D eigenvalue weighted by molar-refractivity contribution is -0.143. The second kappa shape index (κ2) is 6.66. The highest BCUT2D eigenvalue weighted by molar-refractivity contribution is 5.89. The zero-order valence-corrected chi connectivity index (χ0v) is 13.2. The number of carbonyl (C=O) groups is 2. The first kappa shape index (κ1) is 15.9. The minimum Gasteiger partial charge on any atom is -0.370 e. The number of hydrogen-bond acceptors (Lipinski definition) is 3. The Balaban J connectivity index is 1.65. The van der Waals surface area contributed by atoms with E-state index in [1.54, 1.807) is 21.9 Å². The van der Waals surface area contributed by atoms with Crippen molar-refractivity contribution in [2.24, 2.45) is 5.92 Å². The van der Waals surface area contributed by atoms with Gasteiger partial charge in [0.1, 0.15) is 11.9 Å². The molecule has 2 aliphatic rings. The number of amides is 2. The third kappa shape index (κ3) is 3.37. The largest absolute Gasteiger partial charge is 0.370 e. The molecule has 3 rings (SSSR count). The number of ether oxygens (including phenoxy) is 1. The number of rotatable bonds is 3. The summed E-state index contributed by atoms with van der Waals surface area (Å²) in [7, 11) is 0. The second-order valence-corrected chi connectivity index (χ2v) is 6.03. The van der Waals surface area contributed by atoms with E-state index in [1.807, 2.05) is 6.92 Å². The second-order valence-electron chi connectivity index (χ2n) is 6.03. The summed E-state index contributed by atoms with van der Waals surface area (Å²) in [6.07, 6.45) is 0.0540. The number of hydrogen-bond donors (Lipinski definition) is 0. The number of morpholine rings is 1. The van der Waals surface area contributed by atoms with Gasteiger partial charge in [0.05, 0.1) is 19.1 Å². The molecule has 6 heteroatoms. The molecule has 23 heavy (non-hydrogen) atoms. The SMILES string of the molecule is CCN1C[C@@H](C(=O)N2CCO[C@@H](c3ccc(F)cc3)C2)CC1=O. The standard InChI is InChI=1S/C17H21FN2O3/c1-2-19-10-13(9-16(19)21)17(22)20-7-8-23-15(11-20)12-3-5-14(18)6-4-12/h3-6,13,15H,2,7-11H2,1H3/t13-,15+/m0/s1. The fourth-order valence-corrected chi connectivity index (χ4v) is 3.23. The van der Waals surface area contributed by atoms with Crippen molar-refractivity contribution in [2.75, 3.05) is 32.8 Å². The first-order valence-electron chi connectivity index (χ1n) is 8.02. The molecule has 0 N–H and O–H groups in total. The van der Waals surface area contributed by atoms with Gasteiger partial charge in [0, 0.05) is 26.1 Å². The Labute approximate surface area is 135 Å². The lowest BCUT2D eigenvalue weighted by Crippen LogP contribution is -2.45. The van der Waals surface area contributed by atoms with Crippen LogP contribution in [0.4, 0.5) is 4.39 Å². The molecule has 0 radical (unpaired) electrons. The van der Waals surface area contributed by atoms with E-state index >= 15 is 0 Å². The maximum absolute atomic E-state index is 13.0. The molecule has 1 aromatic carbocycles. The Bertz CT molecular complexity index is 590.